The minimum Gasteiger partial charge on any atom is -0.507 e. The van der Waals surface area contributed by atoms with Crippen LogP contribution in [-0.4, -0.2) is 75.3 Å². The van der Waals surface area contributed by atoms with Crippen LogP contribution in [0.3, 0.4) is 0 Å². The number of ether oxygens (including phenoxy) is 2. The maximum atomic E-state index is 14.7. The van der Waals surface area contributed by atoms with Crippen LogP contribution in [0, 0.1) is 5.41 Å². The first-order valence-electron chi connectivity index (χ1n) is 20.0. The van der Waals surface area contributed by atoms with Crippen molar-refractivity contribution in [2.45, 2.75) is 201 Å². The Morgan fingerprint density at radius 1 is 0.686 bits per heavy atom. The molecule has 1 N–H and O–H groups in total. The monoisotopic (exact) mass is 713 g/mol. The van der Waals surface area contributed by atoms with E-state index in [1.165, 1.54) is 12.8 Å². The van der Waals surface area contributed by atoms with Gasteiger partial charge in [-0.2, -0.15) is 0 Å². The molecule has 2 saturated heterocycles. The van der Waals surface area contributed by atoms with Crippen LogP contribution >= 0.6 is 0 Å². The number of carbonyl (C=O) groups excluding carboxylic acids is 2. The number of likely N-dealkylation sites (tertiary alicyclic amines) is 2. The number of hydrogen-bond donors (Lipinski definition) is 1. The molecule has 51 heavy (non-hydrogen) atoms. The highest BCUT2D eigenvalue weighted by Gasteiger charge is 2.50. The summed E-state index contributed by atoms with van der Waals surface area (Å²) in [6.07, 6.45) is 8.70. The van der Waals surface area contributed by atoms with Crippen LogP contribution in [0.25, 0.3) is 0 Å². The molecule has 1 aromatic carbocycles. The Hall–Kier alpha value is -2.12. The summed E-state index contributed by atoms with van der Waals surface area (Å²) in [4.78, 5) is 34.3. The fourth-order valence-corrected chi connectivity index (χ4v) is 9.32. The fraction of sp³-hybridized carbons (Fsp3) is 0.818. The Kier molecular flexibility index (Phi) is 13.3. The number of esters is 2. The van der Waals surface area contributed by atoms with Crippen LogP contribution in [0.1, 0.15) is 178 Å². The molecule has 7 nitrogen and oxygen atoms in total. The van der Waals surface area contributed by atoms with Crippen LogP contribution in [0.5, 0.6) is 5.75 Å². The van der Waals surface area contributed by atoms with Crippen molar-refractivity contribution in [3.8, 4) is 5.75 Å². The third kappa shape index (κ3) is 10.1. The lowest BCUT2D eigenvalue weighted by molar-refractivity contribution is -0.175. The van der Waals surface area contributed by atoms with Gasteiger partial charge in [-0.15, -0.1) is 0 Å². The predicted octanol–water partition coefficient (Wildman–Crippen LogP) is 9.88. The van der Waals surface area contributed by atoms with E-state index in [2.05, 4.69) is 114 Å². The summed E-state index contributed by atoms with van der Waals surface area (Å²) in [7, 11) is 0. The second-order valence-electron chi connectivity index (χ2n) is 20.4. The Morgan fingerprint density at radius 2 is 1.04 bits per heavy atom. The minimum atomic E-state index is -1.52. The van der Waals surface area contributed by atoms with Gasteiger partial charge in [0.1, 0.15) is 19.0 Å². The lowest BCUT2D eigenvalue weighted by Gasteiger charge is -2.53. The molecule has 292 valence electrons. The number of phenols is 1. The number of rotatable bonds is 13. The van der Waals surface area contributed by atoms with E-state index in [-0.39, 0.29) is 58.4 Å². The van der Waals surface area contributed by atoms with Gasteiger partial charge < -0.3 is 14.6 Å². The summed E-state index contributed by atoms with van der Waals surface area (Å²) >= 11 is 0. The van der Waals surface area contributed by atoms with Crippen molar-refractivity contribution in [2.75, 3.05) is 26.3 Å². The molecule has 0 atom stereocenters. The zero-order valence-electron chi connectivity index (χ0n) is 35.5. The van der Waals surface area contributed by atoms with Gasteiger partial charge in [-0.05, 0) is 134 Å². The third-order valence-electron chi connectivity index (χ3n) is 12.2. The summed E-state index contributed by atoms with van der Waals surface area (Å²) in [5.74, 6) is -0.730. The SMILES string of the molecule is CCCCC(Cc1cc(C(C)(C)C)c(O)c(C(C)(C)C)c1)(C(=O)OCCN1C(C)(C)CCCC1(C)C)C(=O)OCCN1C(C)(C)CCCC1(C)C. The Balaban J connectivity index is 2.04. The van der Waals surface area contributed by atoms with Crippen LogP contribution in [0.4, 0.5) is 0 Å². The summed E-state index contributed by atoms with van der Waals surface area (Å²) in [5, 5.41) is 11.5. The number of piperidine rings is 2. The summed E-state index contributed by atoms with van der Waals surface area (Å²) < 4.78 is 12.5. The Morgan fingerprint density at radius 3 is 1.35 bits per heavy atom. The molecule has 0 amide bonds. The maximum Gasteiger partial charge on any atom is 0.323 e. The topological polar surface area (TPSA) is 79.3 Å². The summed E-state index contributed by atoms with van der Waals surface area (Å²) in [5.41, 5.74) is 0.177. The molecule has 2 fully saturated rings. The van der Waals surface area contributed by atoms with Crippen molar-refractivity contribution < 1.29 is 24.2 Å². The van der Waals surface area contributed by atoms with Crippen molar-refractivity contribution in [3.05, 3.63) is 28.8 Å². The van der Waals surface area contributed by atoms with Gasteiger partial charge in [0.25, 0.3) is 0 Å². The average molecular weight is 713 g/mol. The highest BCUT2D eigenvalue weighted by atomic mass is 16.6. The van der Waals surface area contributed by atoms with E-state index in [4.69, 9.17) is 9.47 Å². The van der Waals surface area contributed by atoms with Gasteiger partial charge in [0.2, 0.25) is 0 Å². The number of phenolic OH excluding ortho intramolecular Hbond substituents is 1. The first-order chi connectivity index (χ1) is 23.2. The van der Waals surface area contributed by atoms with Gasteiger partial charge in [0.05, 0.1) is 0 Å². The number of carbonyl (C=O) groups is 2. The van der Waals surface area contributed by atoms with Crippen LogP contribution < -0.4 is 0 Å². The lowest BCUT2D eigenvalue weighted by atomic mass is 9.73. The maximum absolute atomic E-state index is 14.7. The van der Waals surface area contributed by atoms with Gasteiger partial charge >= 0.3 is 11.9 Å². The Labute approximate surface area is 312 Å². The van der Waals surface area contributed by atoms with E-state index in [1.807, 2.05) is 12.1 Å². The smallest absolute Gasteiger partial charge is 0.323 e. The normalized spacial score (nSPS) is 20.9. The van der Waals surface area contributed by atoms with E-state index >= 15 is 0 Å². The number of unbranched alkanes of at least 4 members (excludes halogenated alkanes) is 1. The molecular weight excluding hydrogens is 636 g/mol. The molecule has 0 aromatic heterocycles. The van der Waals surface area contributed by atoms with Gasteiger partial charge in [0.15, 0.2) is 5.41 Å². The molecule has 2 heterocycles. The molecule has 7 heteroatoms. The van der Waals surface area contributed by atoms with E-state index in [0.717, 1.165) is 48.8 Å². The van der Waals surface area contributed by atoms with Gasteiger partial charge in [-0.25, -0.2) is 0 Å². The van der Waals surface area contributed by atoms with Crippen molar-refractivity contribution in [2.24, 2.45) is 5.41 Å². The molecule has 0 aliphatic carbocycles. The molecule has 1 aromatic rings. The van der Waals surface area contributed by atoms with Crippen LogP contribution in [0.2, 0.25) is 0 Å². The summed E-state index contributed by atoms with van der Waals surface area (Å²) in [6, 6.07) is 3.98. The molecule has 0 saturated carbocycles. The molecule has 0 unspecified atom stereocenters. The van der Waals surface area contributed by atoms with Crippen LogP contribution in [0.15, 0.2) is 12.1 Å². The van der Waals surface area contributed by atoms with Gasteiger partial charge in [-0.3, -0.25) is 19.4 Å². The number of hydrogen-bond acceptors (Lipinski definition) is 7. The predicted molar refractivity (Wildman–Crippen MR) is 211 cm³/mol. The van der Waals surface area contributed by atoms with Gasteiger partial charge in [0, 0.05) is 35.2 Å². The molecule has 2 aliphatic rings. The summed E-state index contributed by atoms with van der Waals surface area (Å²) in [6.45, 7) is 34.4. The van der Waals surface area contributed by atoms with Crippen LogP contribution in [-0.2, 0) is 36.3 Å². The lowest BCUT2D eigenvalue weighted by Crippen LogP contribution is -2.59. The van der Waals surface area contributed by atoms with Crippen molar-refractivity contribution >= 4 is 11.9 Å². The van der Waals surface area contributed by atoms with Crippen molar-refractivity contribution in [1.29, 1.82) is 0 Å². The van der Waals surface area contributed by atoms with E-state index in [0.29, 0.717) is 25.9 Å². The molecule has 3 rings (SSSR count). The molecular formula is C44H76N2O5. The zero-order chi connectivity index (χ0) is 38.8. The van der Waals surface area contributed by atoms with E-state index < -0.39 is 17.4 Å². The first kappa shape index (κ1) is 43.3. The number of nitrogens with zero attached hydrogens (tertiary/aromatic N) is 2. The fourth-order valence-electron chi connectivity index (χ4n) is 9.32. The second-order valence-corrected chi connectivity index (χ2v) is 20.4. The third-order valence-corrected chi connectivity index (χ3v) is 12.2. The second kappa shape index (κ2) is 15.7. The van der Waals surface area contributed by atoms with E-state index in [1.54, 1.807) is 0 Å². The van der Waals surface area contributed by atoms with Crippen molar-refractivity contribution in [3.63, 3.8) is 0 Å². The quantitative estimate of drug-likeness (QED) is 0.161. The van der Waals surface area contributed by atoms with Crippen molar-refractivity contribution in [1.82, 2.24) is 9.80 Å². The average Bonchev–Trinajstić information content (AvgIpc) is 2.96. The standard InChI is InChI=1S/C44H76N2O5/c1-16-17-24-44(36(48)50-27-25-45-40(8,9)20-18-21-41(45,10)11,37(49)51-28-26-46-42(12,13)22-19-23-43(46,14)15)31-32-29-33(38(2,3)4)35(47)34(30-32)39(5,6)7/h29-30,47H,16-28,31H2,1-15H3. The highest BCUT2D eigenvalue weighted by Crippen LogP contribution is 2.43. The minimum absolute atomic E-state index is 0.0128. The largest absolute Gasteiger partial charge is 0.507 e. The zero-order valence-corrected chi connectivity index (χ0v) is 35.5. The Bertz CT molecular complexity index is 1240. The molecule has 0 spiro atoms. The molecule has 2 aliphatic heterocycles. The first-order valence-corrected chi connectivity index (χ1v) is 20.0. The number of benzene rings is 1. The molecule has 0 radical (unpaired) electrons. The highest BCUT2D eigenvalue weighted by molar-refractivity contribution is 6.00. The van der Waals surface area contributed by atoms with Gasteiger partial charge in [-0.1, -0.05) is 73.4 Å². The number of aromatic hydroxyl groups is 1. The van der Waals surface area contributed by atoms with E-state index in [9.17, 15) is 14.7 Å². The molecule has 0 bridgehead atoms.